The van der Waals surface area contributed by atoms with Crippen molar-refractivity contribution >= 4 is 52.8 Å². The second-order valence-electron chi connectivity index (χ2n) is 15.8. The summed E-state index contributed by atoms with van der Waals surface area (Å²) in [4.78, 5) is 67.0. The lowest BCUT2D eigenvalue weighted by Crippen LogP contribution is -3.09. The molecule has 5 aliphatic rings. The second kappa shape index (κ2) is 17.9. The lowest BCUT2D eigenvalue weighted by Gasteiger charge is -2.42. The zero-order valence-electron chi connectivity index (χ0n) is 34.1. The van der Waals surface area contributed by atoms with Crippen LogP contribution < -0.4 is 25.4 Å². The van der Waals surface area contributed by atoms with E-state index in [1.54, 1.807) is 54.7 Å². The van der Waals surface area contributed by atoms with Gasteiger partial charge >= 0.3 is 0 Å². The van der Waals surface area contributed by atoms with Gasteiger partial charge < -0.3 is 49.5 Å². The quantitative estimate of drug-likeness (QED) is 0.0872. The van der Waals surface area contributed by atoms with Crippen molar-refractivity contribution in [3.8, 4) is 11.5 Å². The maximum absolute atomic E-state index is 14.7. The van der Waals surface area contributed by atoms with Crippen molar-refractivity contribution in [2.24, 2.45) is 9.98 Å². The van der Waals surface area contributed by atoms with Gasteiger partial charge in [0.15, 0.2) is 29.7 Å². The topological polar surface area (TPSA) is 279 Å². The second-order valence-corrected chi connectivity index (χ2v) is 15.8. The van der Waals surface area contributed by atoms with Gasteiger partial charge in [0.1, 0.15) is 48.8 Å². The summed E-state index contributed by atoms with van der Waals surface area (Å²) in [7, 11) is 0. The SMILES string of the molecule is N=C1N=C2C(=NC[NH+]2c2ccccc2C2CCOCC3OC(Oc4c2cc2c(c4OCC(O)CC=O)C(=O)c4ccccc4C2=O)C(OCCc2ccnc(N)c2)C(O)C3O)C(=O)N1. The van der Waals surface area contributed by atoms with Gasteiger partial charge in [0, 0.05) is 53.0 Å². The van der Waals surface area contributed by atoms with Gasteiger partial charge in [0.05, 0.1) is 24.9 Å². The molecule has 330 valence electrons. The van der Waals surface area contributed by atoms with Crippen LogP contribution in [-0.4, -0.2) is 131 Å². The summed E-state index contributed by atoms with van der Waals surface area (Å²) in [5.74, 6) is -2.53. The summed E-state index contributed by atoms with van der Waals surface area (Å²) in [6, 6.07) is 18.6. The smallest absolute Gasteiger partial charge is 0.284 e. The summed E-state index contributed by atoms with van der Waals surface area (Å²) in [5.41, 5.74) is 8.40. The minimum Gasteiger partial charge on any atom is -0.486 e. The Bertz CT molecular complexity index is 2620. The van der Waals surface area contributed by atoms with E-state index >= 15 is 0 Å². The molecule has 4 aromatic rings. The Labute approximate surface area is 365 Å². The van der Waals surface area contributed by atoms with Crippen LogP contribution in [-0.2, 0) is 30.2 Å². The van der Waals surface area contributed by atoms with E-state index in [9.17, 15) is 34.5 Å². The summed E-state index contributed by atoms with van der Waals surface area (Å²) in [6.07, 6.45) is -6.12. The molecule has 2 bridgehead atoms. The number of nitrogen functional groups attached to an aromatic ring is 1. The number of pyridine rings is 1. The zero-order valence-corrected chi connectivity index (χ0v) is 34.1. The first-order chi connectivity index (χ1) is 31.0. The number of hydrogen-bond acceptors (Lipinski definition) is 16. The van der Waals surface area contributed by atoms with Crippen LogP contribution in [0.25, 0.3) is 0 Å². The third-order valence-electron chi connectivity index (χ3n) is 11.8. The number of amides is 1. The molecular formula is C45H44N7O12+. The number of nitrogens with one attached hydrogen (secondary N) is 3. The fraction of sp³-hybridized carbons (Fsp3) is 0.333. The molecule has 8 atom stereocenters. The number of guanidine groups is 1. The maximum atomic E-state index is 14.7. The fourth-order valence-electron chi connectivity index (χ4n) is 8.72. The molecule has 8 N–H and O–H groups in total. The number of para-hydroxylation sites is 1. The van der Waals surface area contributed by atoms with Crippen molar-refractivity contribution in [2.45, 2.75) is 62.0 Å². The van der Waals surface area contributed by atoms with Crippen molar-refractivity contribution in [3.05, 3.63) is 112 Å². The van der Waals surface area contributed by atoms with Crippen LogP contribution in [0.4, 0.5) is 11.5 Å². The van der Waals surface area contributed by atoms with Crippen LogP contribution in [0.15, 0.2) is 82.9 Å². The van der Waals surface area contributed by atoms with Crippen LogP contribution in [0.5, 0.6) is 11.5 Å². The van der Waals surface area contributed by atoms with Gasteiger partial charge in [-0.2, -0.15) is 4.99 Å². The number of carbonyl (C=O) groups is 4. The van der Waals surface area contributed by atoms with E-state index in [0.29, 0.717) is 40.2 Å². The Kier molecular flexibility index (Phi) is 11.9. The molecule has 19 nitrogen and oxygen atoms in total. The molecule has 1 fully saturated rings. The van der Waals surface area contributed by atoms with Gasteiger partial charge in [-0.05, 0) is 42.7 Å². The van der Waals surface area contributed by atoms with Crippen molar-refractivity contribution in [1.82, 2.24) is 10.3 Å². The van der Waals surface area contributed by atoms with E-state index in [1.807, 2.05) is 12.1 Å². The molecule has 5 heterocycles. The van der Waals surface area contributed by atoms with Crippen LogP contribution >= 0.6 is 0 Å². The molecule has 1 aliphatic carbocycles. The molecule has 0 spiro atoms. The zero-order chi connectivity index (χ0) is 44.6. The van der Waals surface area contributed by atoms with Gasteiger partial charge in [-0.25, -0.2) is 14.9 Å². The van der Waals surface area contributed by atoms with Gasteiger partial charge in [-0.3, -0.25) is 25.1 Å². The largest absolute Gasteiger partial charge is 0.486 e. The number of anilines is 1. The average Bonchev–Trinajstić information content (AvgIpc) is 3.70. The monoisotopic (exact) mass is 874 g/mol. The minimum atomic E-state index is -1.58. The number of ether oxygens (including phenoxy) is 5. The molecule has 19 heteroatoms. The molecular weight excluding hydrogens is 831 g/mol. The van der Waals surface area contributed by atoms with Crippen molar-refractivity contribution in [1.29, 1.82) is 5.41 Å². The predicted octanol–water partition coefficient (Wildman–Crippen LogP) is 0.165. The highest BCUT2D eigenvalue weighted by Gasteiger charge is 2.49. The van der Waals surface area contributed by atoms with Crippen LogP contribution in [0.1, 0.15) is 67.3 Å². The molecule has 0 saturated carbocycles. The summed E-state index contributed by atoms with van der Waals surface area (Å²) >= 11 is 0. The number of aliphatic hydroxyl groups is 3. The van der Waals surface area contributed by atoms with E-state index in [2.05, 4.69) is 20.3 Å². The van der Waals surface area contributed by atoms with Gasteiger partial charge in [0.25, 0.3) is 11.7 Å². The number of aliphatic imine (C=N–C) groups is 2. The number of ketones is 2. The number of rotatable bonds is 11. The minimum absolute atomic E-state index is 0.00237. The van der Waals surface area contributed by atoms with Crippen molar-refractivity contribution in [2.75, 3.05) is 38.8 Å². The first-order valence-corrected chi connectivity index (χ1v) is 20.7. The van der Waals surface area contributed by atoms with Gasteiger partial charge in [0.2, 0.25) is 18.0 Å². The highest BCUT2D eigenvalue weighted by molar-refractivity contribution is 6.68. The number of nitrogens with two attached hydrogens (primary N) is 1. The van der Waals surface area contributed by atoms with E-state index < -0.39 is 66.8 Å². The number of aliphatic hydroxyl groups excluding tert-OH is 3. The predicted molar refractivity (Wildman–Crippen MR) is 225 cm³/mol. The van der Waals surface area contributed by atoms with Crippen molar-refractivity contribution in [3.63, 3.8) is 0 Å². The molecule has 4 aliphatic heterocycles. The number of amidine groups is 1. The summed E-state index contributed by atoms with van der Waals surface area (Å²) < 4.78 is 32.0. The molecule has 9 rings (SSSR count). The van der Waals surface area contributed by atoms with E-state index in [1.165, 1.54) is 6.07 Å². The van der Waals surface area contributed by atoms with Crippen LogP contribution in [0.2, 0.25) is 0 Å². The average molecular weight is 875 g/mol. The number of nitrogens with zero attached hydrogens (tertiary/aromatic N) is 3. The summed E-state index contributed by atoms with van der Waals surface area (Å²) in [6.45, 7) is -0.587. The highest BCUT2D eigenvalue weighted by atomic mass is 16.7. The molecule has 8 unspecified atom stereocenters. The Morgan fingerprint density at radius 3 is 2.58 bits per heavy atom. The fourth-order valence-corrected chi connectivity index (χ4v) is 8.72. The molecule has 3 aromatic carbocycles. The maximum Gasteiger partial charge on any atom is 0.284 e. The Morgan fingerprint density at radius 1 is 1.00 bits per heavy atom. The number of aldehydes is 1. The first kappa shape index (κ1) is 42.7. The third-order valence-corrected chi connectivity index (χ3v) is 11.8. The molecule has 1 saturated heterocycles. The van der Waals surface area contributed by atoms with Crippen molar-refractivity contribution < 1.29 is 63.1 Å². The number of aromatic nitrogens is 1. The third kappa shape index (κ3) is 7.98. The molecule has 64 heavy (non-hydrogen) atoms. The molecule has 0 radical (unpaired) electrons. The normalized spacial score (nSPS) is 25.5. The number of quaternary nitrogens is 1. The number of hydrogen-bond donors (Lipinski definition) is 7. The van der Waals surface area contributed by atoms with Crippen LogP contribution in [0, 0.1) is 5.41 Å². The van der Waals surface area contributed by atoms with Gasteiger partial charge in [-0.15, -0.1) is 0 Å². The van der Waals surface area contributed by atoms with E-state index in [-0.39, 0.29) is 90.6 Å². The number of benzene rings is 3. The lowest BCUT2D eigenvalue weighted by atomic mass is 9.79. The Balaban J connectivity index is 1.23. The standard InChI is InChI=1S/C45H43N7O12/c46-32-17-22(9-13-48-32)11-16-61-41-38(58)37(57)31-20-60-15-12-24(25-5-3-4-8-30(25)52-21-49-34-42(52)50-45(47)51-43(34)59)28-18-29-33(36(56)27-7-2-1-6-26(27)35(29)55)40(39(28)64-44(41)63-31)62-19-23(54)10-14-53/h1-9,13-14,17-18,23-24,31,37-38,41,44,54,57-58H,10-12,15-16,19-21H2,(H2,46,48)(H2,47,51,59)/p+1. The summed E-state index contributed by atoms with van der Waals surface area (Å²) in [5, 5.41) is 44.5. The Morgan fingerprint density at radius 2 is 1.78 bits per heavy atom. The van der Waals surface area contributed by atoms with Gasteiger partial charge in [-0.1, -0.05) is 42.5 Å². The highest BCUT2D eigenvalue weighted by Crippen LogP contribution is 2.49. The first-order valence-electron chi connectivity index (χ1n) is 20.7. The molecule has 1 aromatic heterocycles. The molecule has 1 amide bonds. The number of fused-ring (bicyclic) bond motifs is 6. The van der Waals surface area contributed by atoms with Crippen LogP contribution in [0.3, 0.4) is 0 Å². The van der Waals surface area contributed by atoms with E-state index in [0.717, 1.165) is 5.56 Å². The lowest BCUT2D eigenvalue weighted by molar-refractivity contribution is -0.723. The Hall–Kier alpha value is -6.58. The van der Waals surface area contributed by atoms with E-state index in [4.69, 9.17) is 34.8 Å². The number of carbonyl (C=O) groups excluding carboxylic acids is 4.